The molecule has 0 unspecified atom stereocenters. The first kappa shape index (κ1) is 17.5. The third-order valence-electron chi connectivity index (χ3n) is 3.15. The fourth-order valence-electron chi connectivity index (χ4n) is 2.01. The van der Waals surface area contributed by atoms with Gasteiger partial charge in [0.05, 0.1) is 12.8 Å². The Morgan fingerprint density at radius 2 is 1.96 bits per heavy atom. The van der Waals surface area contributed by atoms with E-state index in [4.69, 9.17) is 4.42 Å². The minimum Gasteiger partial charge on any atom is -0.447 e. The summed E-state index contributed by atoms with van der Waals surface area (Å²) in [6.45, 7) is 1.86. The van der Waals surface area contributed by atoms with Gasteiger partial charge < -0.3 is 9.15 Å². The number of rotatable bonds is 7. The number of hydrogen-bond acceptors (Lipinski definition) is 5. The number of azo groups is 1. The van der Waals surface area contributed by atoms with Crippen LogP contribution in [-0.4, -0.2) is 23.6 Å². The number of benzene rings is 1. The topological polar surface area (TPSA) is 94.1 Å². The third kappa shape index (κ3) is 5.75. The summed E-state index contributed by atoms with van der Waals surface area (Å²) in [4.78, 5) is 26.6. The van der Waals surface area contributed by atoms with E-state index in [1.165, 1.54) is 0 Å². The maximum atomic E-state index is 11.4. The lowest BCUT2D eigenvalue weighted by Gasteiger charge is -1.97. The van der Waals surface area contributed by atoms with E-state index < -0.39 is 12.0 Å². The second kappa shape index (κ2) is 9.34. The highest BCUT2D eigenvalue weighted by Crippen LogP contribution is 2.20. The van der Waals surface area contributed by atoms with Crippen LogP contribution < -0.4 is 0 Å². The normalized spacial score (nSPS) is 10.9. The number of carbonyl (C=O) groups is 2. The molecule has 0 aliphatic carbocycles. The van der Waals surface area contributed by atoms with Crippen LogP contribution in [0.25, 0.3) is 11.3 Å². The zero-order valence-corrected chi connectivity index (χ0v) is 13.5. The summed E-state index contributed by atoms with van der Waals surface area (Å²) in [6, 6.07) is 9.73. The van der Waals surface area contributed by atoms with Crippen LogP contribution in [0.1, 0.15) is 32.1 Å². The second-order valence-corrected chi connectivity index (χ2v) is 4.98. The highest BCUT2D eigenvalue weighted by Gasteiger charge is 2.07. The van der Waals surface area contributed by atoms with Crippen molar-refractivity contribution in [3.8, 4) is 11.3 Å². The number of unbranched alkanes of at least 4 members (excludes halogenated alkanes) is 1. The molecule has 7 nitrogen and oxygen atoms in total. The molecule has 0 bridgehead atoms. The molecule has 0 aliphatic heterocycles. The molecule has 0 spiro atoms. The Hall–Kier alpha value is -2.83. The average Bonchev–Trinajstić information content (AvgIpc) is 3.07. The minimum atomic E-state index is -0.848. The van der Waals surface area contributed by atoms with Crippen LogP contribution in [0.15, 0.2) is 51.2 Å². The number of nitrogens with zero attached hydrogens (tertiary/aromatic N) is 3. The van der Waals surface area contributed by atoms with Gasteiger partial charge in [0.15, 0.2) is 11.7 Å². The molecule has 0 atom stereocenters. The molecule has 2 rings (SSSR count). The first-order valence-corrected chi connectivity index (χ1v) is 7.80. The summed E-state index contributed by atoms with van der Waals surface area (Å²) in [6.07, 6.45) is 3.05. The fourth-order valence-corrected chi connectivity index (χ4v) is 2.01. The van der Waals surface area contributed by atoms with E-state index in [2.05, 4.69) is 19.9 Å². The summed E-state index contributed by atoms with van der Waals surface area (Å²) in [5.41, 5.74) is 0.978. The summed E-state index contributed by atoms with van der Waals surface area (Å²) < 4.78 is 10.2. The van der Waals surface area contributed by atoms with Crippen LogP contribution >= 0.6 is 0 Å². The Morgan fingerprint density at radius 3 is 2.71 bits per heavy atom. The van der Waals surface area contributed by atoms with Crippen molar-refractivity contribution in [1.82, 2.24) is 4.98 Å². The number of aromatic nitrogens is 1. The highest BCUT2D eigenvalue weighted by molar-refractivity contribution is 5.78. The second-order valence-electron chi connectivity index (χ2n) is 4.98. The Balaban J connectivity index is 1.70. The van der Waals surface area contributed by atoms with Crippen molar-refractivity contribution in [1.29, 1.82) is 0 Å². The van der Waals surface area contributed by atoms with E-state index in [0.717, 1.165) is 17.7 Å². The van der Waals surface area contributed by atoms with Gasteiger partial charge >= 0.3 is 6.09 Å². The van der Waals surface area contributed by atoms with Gasteiger partial charge in [-0.1, -0.05) is 35.4 Å². The van der Waals surface area contributed by atoms with E-state index in [9.17, 15) is 9.59 Å². The summed E-state index contributed by atoms with van der Waals surface area (Å²) in [5.74, 6) is 0.916. The van der Waals surface area contributed by atoms with E-state index in [0.29, 0.717) is 18.7 Å². The SMILES string of the molecule is CCOC(=O)N=NC(=O)CCCCc1ncc(-c2ccccc2)o1. The molecular formula is C17H19N3O4. The number of oxazole rings is 1. The van der Waals surface area contributed by atoms with E-state index >= 15 is 0 Å². The monoisotopic (exact) mass is 329 g/mol. The predicted octanol–water partition coefficient (Wildman–Crippen LogP) is 4.19. The summed E-state index contributed by atoms with van der Waals surface area (Å²) in [7, 11) is 0. The lowest BCUT2D eigenvalue weighted by molar-refractivity contribution is -0.118. The summed E-state index contributed by atoms with van der Waals surface area (Å²) >= 11 is 0. The molecule has 24 heavy (non-hydrogen) atoms. The predicted molar refractivity (Wildman–Crippen MR) is 86.4 cm³/mol. The van der Waals surface area contributed by atoms with Crippen LogP contribution in [0.4, 0.5) is 4.79 Å². The molecule has 0 saturated carbocycles. The number of aryl methyl sites for hydroxylation is 1. The molecule has 7 heteroatoms. The van der Waals surface area contributed by atoms with Crippen LogP contribution in [-0.2, 0) is 16.0 Å². The van der Waals surface area contributed by atoms with Crippen molar-refractivity contribution < 1.29 is 18.7 Å². The minimum absolute atomic E-state index is 0.202. The lowest BCUT2D eigenvalue weighted by atomic mass is 10.2. The summed E-state index contributed by atoms with van der Waals surface area (Å²) in [5, 5.41) is 6.47. The lowest BCUT2D eigenvalue weighted by Crippen LogP contribution is -1.99. The molecular weight excluding hydrogens is 310 g/mol. The molecule has 0 saturated heterocycles. The molecule has 0 N–H and O–H groups in total. The Kier molecular flexibility index (Phi) is 6.82. The van der Waals surface area contributed by atoms with E-state index in [1.54, 1.807) is 13.1 Å². The van der Waals surface area contributed by atoms with Gasteiger partial charge in [0.25, 0.3) is 5.91 Å². The van der Waals surface area contributed by atoms with Gasteiger partial charge in [-0.05, 0) is 19.8 Å². The number of carbonyl (C=O) groups excluding carboxylic acids is 2. The van der Waals surface area contributed by atoms with Crippen LogP contribution in [0.3, 0.4) is 0 Å². The molecule has 0 radical (unpaired) electrons. The first-order valence-electron chi connectivity index (χ1n) is 7.80. The van der Waals surface area contributed by atoms with Gasteiger partial charge in [-0.3, -0.25) is 4.79 Å². The highest BCUT2D eigenvalue weighted by atomic mass is 16.5. The molecule has 0 fully saturated rings. The number of amides is 2. The maximum absolute atomic E-state index is 11.4. The molecule has 2 amide bonds. The first-order chi connectivity index (χ1) is 11.7. The molecule has 2 aromatic rings. The molecule has 0 aliphatic rings. The quantitative estimate of drug-likeness (QED) is 0.560. The average molecular weight is 329 g/mol. The van der Waals surface area contributed by atoms with Crippen molar-refractivity contribution >= 4 is 12.0 Å². The Morgan fingerprint density at radius 1 is 1.17 bits per heavy atom. The van der Waals surface area contributed by atoms with Gasteiger partial charge in [-0.2, -0.15) is 0 Å². The van der Waals surface area contributed by atoms with Crippen LogP contribution in [0, 0.1) is 0 Å². The fraction of sp³-hybridized carbons (Fsp3) is 0.353. The van der Waals surface area contributed by atoms with Gasteiger partial charge in [-0.25, -0.2) is 9.78 Å². The molecule has 1 aromatic heterocycles. The largest absolute Gasteiger partial charge is 0.452 e. The van der Waals surface area contributed by atoms with Crippen LogP contribution in [0.5, 0.6) is 0 Å². The number of ether oxygens (including phenoxy) is 1. The van der Waals surface area contributed by atoms with Crippen molar-refractivity contribution in [3.05, 3.63) is 42.4 Å². The Bertz CT molecular complexity index is 695. The van der Waals surface area contributed by atoms with Crippen molar-refractivity contribution in [2.75, 3.05) is 6.61 Å². The third-order valence-corrected chi connectivity index (χ3v) is 3.15. The van der Waals surface area contributed by atoms with Gasteiger partial charge in [0, 0.05) is 18.4 Å². The Labute approximate surface area is 139 Å². The molecule has 126 valence electrons. The maximum Gasteiger partial charge on any atom is 0.452 e. The van der Waals surface area contributed by atoms with E-state index in [1.807, 2.05) is 30.3 Å². The van der Waals surface area contributed by atoms with E-state index in [-0.39, 0.29) is 13.0 Å². The van der Waals surface area contributed by atoms with Gasteiger partial charge in [0.2, 0.25) is 0 Å². The van der Waals surface area contributed by atoms with Crippen molar-refractivity contribution in [3.63, 3.8) is 0 Å². The number of hydrogen-bond donors (Lipinski definition) is 0. The smallest absolute Gasteiger partial charge is 0.447 e. The zero-order chi connectivity index (χ0) is 17.2. The molecule has 1 heterocycles. The van der Waals surface area contributed by atoms with Crippen LogP contribution in [0.2, 0.25) is 0 Å². The van der Waals surface area contributed by atoms with Gasteiger partial charge in [-0.15, -0.1) is 5.11 Å². The zero-order valence-electron chi connectivity index (χ0n) is 13.5. The molecule has 1 aromatic carbocycles. The van der Waals surface area contributed by atoms with Crippen molar-refractivity contribution in [2.24, 2.45) is 10.2 Å². The standard InChI is InChI=1S/C17H19N3O4/c1-2-23-17(22)20-19-15(21)10-6-7-11-16-18-12-14(24-16)13-8-4-3-5-9-13/h3-5,8-9,12H,2,6-7,10-11H2,1H3. The van der Waals surface area contributed by atoms with Gasteiger partial charge in [0.1, 0.15) is 0 Å². The van der Waals surface area contributed by atoms with Crippen molar-refractivity contribution in [2.45, 2.75) is 32.6 Å².